The first kappa shape index (κ1) is 61.1. The second kappa shape index (κ2) is 46.7. The molecule has 0 heterocycles. The molecule has 7 N–H and O–H groups in total. The third kappa shape index (κ3) is 47.9. The predicted molar refractivity (Wildman–Crippen MR) is 250 cm³/mol. The molecule has 0 fully saturated rings. The molecule has 0 aromatic heterocycles. The van der Waals surface area contributed by atoms with E-state index in [1.807, 2.05) is 6.92 Å². The molecule has 18 nitrogen and oxygen atoms in total. The van der Waals surface area contributed by atoms with E-state index in [1.54, 1.807) is 0 Å². The van der Waals surface area contributed by atoms with Crippen molar-refractivity contribution in [3.8, 4) is 0 Å². The zero-order valence-corrected chi connectivity index (χ0v) is 40.2. The maximum absolute atomic E-state index is 12.1. The molecule has 0 unspecified atom stereocenters. The molecule has 18 heteroatoms. The topological polar surface area (TPSA) is 249 Å². The molecule has 0 radical (unpaired) electrons. The van der Waals surface area contributed by atoms with Crippen LogP contribution in [0.15, 0.2) is 0 Å². The van der Waals surface area contributed by atoms with Gasteiger partial charge >= 0.3 is 5.97 Å². The number of rotatable bonds is 48. The highest BCUT2D eigenvalue weighted by Gasteiger charge is 2.11. The minimum atomic E-state index is -0.698. The van der Waals surface area contributed by atoms with Crippen LogP contribution in [-0.2, 0) is 52.5 Å². The quantitative estimate of drug-likeness (QED) is 0.0414. The van der Waals surface area contributed by atoms with Crippen LogP contribution in [-0.4, -0.2) is 138 Å². The van der Waals surface area contributed by atoms with Gasteiger partial charge in [-0.15, -0.1) is 0 Å². The third-order valence-electron chi connectivity index (χ3n) is 10.3. The van der Waals surface area contributed by atoms with E-state index in [1.165, 1.54) is 51.4 Å². The number of hydrogen-bond donors (Lipinski definition) is 7. The standard InChI is InChI=1S/C47H88N6O12/c1-3-4-27-48-43(56)26-25-40(2)53-44(57)23-20-29-50-45(58)38-64-36-35-63-33-31-52-46(59)39-65-37-34-62-32-30-51-42(55)22-19-28-49-41(54)21-17-15-13-11-9-7-5-6-8-10-12-14-16-18-24-47(60)61/h40H,3-39H2,1-2H3,(H,48,56)(H,49,54)(H,50,58)(H,51,55)(H,52,59)(H,53,57)(H,60,61)/t40-/m1/s1. The second-order valence-corrected chi connectivity index (χ2v) is 16.5. The van der Waals surface area contributed by atoms with Crippen LogP contribution >= 0.6 is 0 Å². The fraction of sp³-hybridized carbons (Fsp3) is 0.851. The van der Waals surface area contributed by atoms with Gasteiger partial charge in [0.15, 0.2) is 0 Å². The first-order valence-electron chi connectivity index (χ1n) is 24.7. The van der Waals surface area contributed by atoms with E-state index in [2.05, 4.69) is 38.8 Å². The molecular weight excluding hydrogens is 841 g/mol. The minimum absolute atomic E-state index is 0.00792. The summed E-state index contributed by atoms with van der Waals surface area (Å²) in [5.74, 6) is -1.48. The van der Waals surface area contributed by atoms with Crippen LogP contribution in [0, 0.1) is 0 Å². The highest BCUT2D eigenvalue weighted by molar-refractivity contribution is 5.79. The molecule has 65 heavy (non-hydrogen) atoms. The van der Waals surface area contributed by atoms with E-state index < -0.39 is 5.97 Å². The number of carboxylic acids is 1. The Morgan fingerprint density at radius 2 is 0.738 bits per heavy atom. The second-order valence-electron chi connectivity index (χ2n) is 16.5. The van der Waals surface area contributed by atoms with E-state index in [-0.39, 0.29) is 107 Å². The molecule has 0 saturated heterocycles. The monoisotopic (exact) mass is 929 g/mol. The highest BCUT2D eigenvalue weighted by atomic mass is 16.5. The van der Waals surface area contributed by atoms with Crippen molar-refractivity contribution < 1.29 is 57.6 Å². The SMILES string of the molecule is CCCCNC(=O)CC[C@@H](C)NC(=O)CCCNC(=O)COCCOCCNC(=O)COCCOCCNC(=O)CCCNC(=O)CCCCCCCCCCCCCCCCC(=O)O. The molecule has 0 aliphatic heterocycles. The summed E-state index contributed by atoms with van der Waals surface area (Å²) in [6.45, 7) is 7.35. The van der Waals surface area contributed by atoms with E-state index >= 15 is 0 Å². The van der Waals surface area contributed by atoms with Gasteiger partial charge in [0.2, 0.25) is 35.4 Å². The van der Waals surface area contributed by atoms with Crippen molar-refractivity contribution >= 4 is 41.4 Å². The van der Waals surface area contributed by atoms with Crippen LogP contribution in [0.4, 0.5) is 0 Å². The molecule has 0 rings (SSSR count). The molecule has 0 aromatic rings. The van der Waals surface area contributed by atoms with Crippen molar-refractivity contribution in [3.05, 3.63) is 0 Å². The number of hydrogen-bond acceptors (Lipinski definition) is 11. The average molecular weight is 929 g/mol. The molecular formula is C47H88N6O12. The van der Waals surface area contributed by atoms with Gasteiger partial charge in [-0.1, -0.05) is 90.4 Å². The first-order chi connectivity index (χ1) is 31.5. The Morgan fingerprint density at radius 3 is 1.22 bits per heavy atom. The summed E-state index contributed by atoms with van der Waals surface area (Å²) in [5, 5.41) is 25.5. The lowest BCUT2D eigenvalue weighted by Gasteiger charge is -2.14. The lowest BCUT2D eigenvalue weighted by Crippen LogP contribution is -2.35. The normalized spacial score (nSPS) is 11.4. The Balaban J connectivity index is 3.46. The molecule has 0 spiro atoms. The average Bonchev–Trinajstić information content (AvgIpc) is 3.27. The zero-order chi connectivity index (χ0) is 47.9. The highest BCUT2D eigenvalue weighted by Crippen LogP contribution is 2.14. The maximum Gasteiger partial charge on any atom is 0.303 e. The van der Waals surface area contributed by atoms with Gasteiger partial charge in [-0.3, -0.25) is 33.6 Å². The number of carbonyl (C=O) groups excluding carboxylic acids is 6. The molecule has 0 bridgehead atoms. The van der Waals surface area contributed by atoms with Crippen LogP contribution in [0.3, 0.4) is 0 Å². The number of unbranched alkanes of at least 4 members (excludes halogenated alkanes) is 14. The maximum atomic E-state index is 12.1. The molecule has 0 aliphatic carbocycles. The van der Waals surface area contributed by atoms with Crippen molar-refractivity contribution in [2.24, 2.45) is 0 Å². The largest absolute Gasteiger partial charge is 0.481 e. The van der Waals surface area contributed by atoms with Gasteiger partial charge in [-0.2, -0.15) is 0 Å². The summed E-state index contributed by atoms with van der Waals surface area (Å²) in [6.07, 6.45) is 21.4. The number of carboxylic acid groups (broad SMARTS) is 1. The lowest BCUT2D eigenvalue weighted by molar-refractivity contribution is -0.137. The van der Waals surface area contributed by atoms with Crippen LogP contribution in [0.1, 0.15) is 168 Å². The van der Waals surface area contributed by atoms with Crippen molar-refractivity contribution in [1.29, 1.82) is 0 Å². The third-order valence-corrected chi connectivity index (χ3v) is 10.3. The molecule has 378 valence electrons. The van der Waals surface area contributed by atoms with Gasteiger partial charge < -0.3 is 56.0 Å². The fourth-order valence-electron chi connectivity index (χ4n) is 6.47. The van der Waals surface area contributed by atoms with E-state index in [0.717, 1.165) is 51.4 Å². The van der Waals surface area contributed by atoms with E-state index in [4.69, 9.17) is 24.1 Å². The predicted octanol–water partition coefficient (Wildman–Crippen LogP) is 4.61. The fourth-order valence-corrected chi connectivity index (χ4v) is 6.47. The van der Waals surface area contributed by atoms with Gasteiger partial charge in [-0.25, -0.2) is 0 Å². The molecule has 1 atom stereocenters. The Bertz CT molecular complexity index is 1240. The first-order valence-corrected chi connectivity index (χ1v) is 24.7. The summed E-state index contributed by atoms with van der Waals surface area (Å²) in [4.78, 5) is 82.4. The number of aliphatic carboxylic acids is 1. The van der Waals surface area contributed by atoms with Crippen molar-refractivity contribution in [3.63, 3.8) is 0 Å². The number of amides is 6. The van der Waals surface area contributed by atoms with Gasteiger partial charge in [-0.05, 0) is 45.4 Å². The van der Waals surface area contributed by atoms with Crippen LogP contribution in [0.5, 0.6) is 0 Å². The minimum Gasteiger partial charge on any atom is -0.481 e. The van der Waals surface area contributed by atoms with Crippen molar-refractivity contribution in [1.82, 2.24) is 31.9 Å². The Kier molecular flexibility index (Phi) is 43.9. The summed E-state index contributed by atoms with van der Waals surface area (Å²) in [6, 6.07) is -0.111. The van der Waals surface area contributed by atoms with Gasteiger partial charge in [0.1, 0.15) is 13.2 Å². The smallest absolute Gasteiger partial charge is 0.303 e. The van der Waals surface area contributed by atoms with Gasteiger partial charge in [0, 0.05) is 70.9 Å². The number of nitrogens with one attached hydrogen (secondary N) is 6. The van der Waals surface area contributed by atoms with Crippen molar-refractivity contribution in [2.45, 2.75) is 174 Å². The van der Waals surface area contributed by atoms with Crippen LogP contribution in [0.2, 0.25) is 0 Å². The number of carbonyl (C=O) groups is 7. The molecule has 6 amide bonds. The van der Waals surface area contributed by atoms with E-state index in [0.29, 0.717) is 71.3 Å². The number of ether oxygens (including phenoxy) is 4. The summed E-state index contributed by atoms with van der Waals surface area (Å²) in [5.41, 5.74) is 0. The summed E-state index contributed by atoms with van der Waals surface area (Å²) < 4.78 is 21.5. The van der Waals surface area contributed by atoms with Crippen LogP contribution in [0.25, 0.3) is 0 Å². The molecule has 0 aromatic carbocycles. The Labute approximate surface area is 389 Å². The zero-order valence-electron chi connectivity index (χ0n) is 40.2. The molecule has 0 saturated carbocycles. The Hall–Kier alpha value is -3.87. The van der Waals surface area contributed by atoms with Gasteiger partial charge in [0.05, 0.1) is 39.6 Å². The summed E-state index contributed by atoms with van der Waals surface area (Å²) in [7, 11) is 0. The Morgan fingerprint density at radius 1 is 0.385 bits per heavy atom. The van der Waals surface area contributed by atoms with Gasteiger partial charge in [0.25, 0.3) is 0 Å². The van der Waals surface area contributed by atoms with Crippen molar-refractivity contribution in [2.75, 3.05) is 85.6 Å². The summed E-state index contributed by atoms with van der Waals surface area (Å²) >= 11 is 0. The molecule has 0 aliphatic rings. The van der Waals surface area contributed by atoms with Crippen LogP contribution < -0.4 is 31.9 Å². The van der Waals surface area contributed by atoms with E-state index in [9.17, 15) is 33.6 Å². The lowest BCUT2D eigenvalue weighted by atomic mass is 10.0.